The van der Waals surface area contributed by atoms with Gasteiger partial charge in [0.25, 0.3) is 0 Å². The molecule has 0 radical (unpaired) electrons. The standard InChI is InChI=1S/2C21H35O2PS2.Cd/c2*1-3-4-5-6-7-9-12-19-17-18(2)15-16-21(19)26-24(22,25)23-20-13-10-8-11-14-20;/h2*15-17,20H,3-14H2,1-2H3,(H,22,25);/q;;+2/p-2. The molecule has 2 aromatic rings. The molecule has 0 amide bonds. The zero-order valence-corrected chi connectivity index (χ0v) is 42.5. The summed E-state index contributed by atoms with van der Waals surface area (Å²) in [6.07, 6.45) is 28.9. The van der Waals surface area contributed by atoms with Crippen molar-refractivity contribution >= 4 is 57.8 Å². The molecule has 4 nitrogen and oxygen atoms in total. The van der Waals surface area contributed by atoms with Gasteiger partial charge in [-0.1, -0.05) is 198 Å². The quantitative estimate of drug-likeness (QED) is 0.0657. The molecule has 2 unspecified atom stereocenters. The van der Waals surface area contributed by atoms with E-state index in [9.17, 15) is 9.79 Å². The van der Waals surface area contributed by atoms with Crippen molar-refractivity contribution in [2.75, 3.05) is 0 Å². The third kappa shape index (κ3) is 22.2. The van der Waals surface area contributed by atoms with Crippen molar-refractivity contribution in [3.8, 4) is 0 Å². The molecule has 2 atom stereocenters. The van der Waals surface area contributed by atoms with Gasteiger partial charge in [0.05, 0.1) is 23.6 Å². The molecule has 11 heteroatoms. The number of rotatable bonds is 22. The van der Waals surface area contributed by atoms with E-state index in [1.165, 1.54) is 161 Å². The van der Waals surface area contributed by atoms with E-state index in [0.29, 0.717) is 0 Å². The molecule has 2 aliphatic carbocycles. The van der Waals surface area contributed by atoms with E-state index in [1.54, 1.807) is 0 Å². The Morgan fingerprint density at radius 3 is 1.26 bits per heavy atom. The molecule has 0 aliphatic heterocycles. The van der Waals surface area contributed by atoms with Crippen LogP contribution in [0, 0.1) is 13.8 Å². The topological polar surface area (TPSA) is 64.6 Å². The largest absolute Gasteiger partial charge is 2.00 e. The smallest absolute Gasteiger partial charge is 0.793 e. The van der Waals surface area contributed by atoms with Gasteiger partial charge in [0.15, 0.2) is 0 Å². The maximum Gasteiger partial charge on any atom is 2.00 e. The van der Waals surface area contributed by atoms with Crippen molar-refractivity contribution in [2.45, 2.75) is 204 Å². The summed E-state index contributed by atoms with van der Waals surface area (Å²) in [4.78, 5) is 27.9. The fourth-order valence-corrected chi connectivity index (χ4v) is 15.4. The average molecular weight is 940 g/mol. The normalized spacial score (nSPS) is 17.6. The predicted molar refractivity (Wildman–Crippen MR) is 233 cm³/mol. The number of hydrogen-bond donors (Lipinski definition) is 0. The van der Waals surface area contributed by atoms with Gasteiger partial charge in [-0.25, -0.2) is 0 Å². The van der Waals surface area contributed by atoms with Gasteiger partial charge in [-0.2, -0.15) is 0 Å². The molecule has 2 fully saturated rings. The molecule has 0 N–H and O–H groups in total. The molecule has 0 bridgehead atoms. The fourth-order valence-electron chi connectivity index (χ4n) is 7.17. The van der Waals surface area contributed by atoms with Crippen LogP contribution in [0.4, 0.5) is 0 Å². The Morgan fingerprint density at radius 2 is 0.906 bits per heavy atom. The van der Waals surface area contributed by atoms with Crippen LogP contribution in [0.15, 0.2) is 46.2 Å². The first-order chi connectivity index (χ1) is 25.0. The Bertz CT molecular complexity index is 1280. The molecule has 0 heterocycles. The van der Waals surface area contributed by atoms with Crippen LogP contribution >= 0.6 is 34.2 Å². The van der Waals surface area contributed by atoms with E-state index in [1.807, 2.05) is 0 Å². The molecular weight excluding hydrogens is 871 g/mol. The Kier molecular flexibility index (Phi) is 27.2. The summed E-state index contributed by atoms with van der Waals surface area (Å²) in [6.45, 7) is 8.73. The van der Waals surface area contributed by atoms with Crippen LogP contribution in [-0.2, 0) is 72.8 Å². The molecule has 2 saturated carbocycles. The Morgan fingerprint density at radius 1 is 0.566 bits per heavy atom. The van der Waals surface area contributed by atoms with Crippen LogP contribution in [0.3, 0.4) is 0 Å². The molecule has 0 spiro atoms. The third-order valence-corrected chi connectivity index (χ3v) is 17.8. The van der Waals surface area contributed by atoms with Crippen LogP contribution < -0.4 is 9.79 Å². The molecule has 296 valence electrons. The van der Waals surface area contributed by atoms with Gasteiger partial charge in [-0.05, 0) is 88.5 Å². The number of unbranched alkanes of at least 4 members (excludes halogenated alkanes) is 10. The van der Waals surface area contributed by atoms with E-state index in [-0.39, 0.29) is 39.5 Å². The minimum atomic E-state index is -3.08. The summed E-state index contributed by atoms with van der Waals surface area (Å²) in [6, 6.07) is 12.8. The van der Waals surface area contributed by atoms with Gasteiger partial charge in [0, 0.05) is 9.79 Å². The number of benzene rings is 2. The van der Waals surface area contributed by atoms with Crippen molar-refractivity contribution in [2.24, 2.45) is 0 Å². The SMILES string of the molecule is CCCCCCCCc1cc(C)ccc1SP([O-])(=S)OC1CCCCC1.CCCCCCCCc1cc(C)ccc1SP([O-])(=S)OC1CCCCC1.[Cd+2]. The van der Waals surface area contributed by atoms with Crippen LogP contribution in [0.1, 0.15) is 177 Å². The maximum absolute atomic E-state index is 12.9. The van der Waals surface area contributed by atoms with Gasteiger partial charge < -0.3 is 18.8 Å². The first-order valence-electron chi connectivity index (χ1n) is 20.6. The zero-order chi connectivity index (χ0) is 37.7. The first-order valence-corrected chi connectivity index (χ1v) is 28.7. The third-order valence-electron chi connectivity index (χ3n) is 10.1. The molecule has 2 aromatic carbocycles. The Balaban J connectivity index is 0.000000360. The molecule has 2 aliphatic rings. The van der Waals surface area contributed by atoms with Crippen molar-refractivity contribution in [1.82, 2.24) is 0 Å². The van der Waals surface area contributed by atoms with E-state index in [0.717, 1.165) is 48.3 Å². The summed E-state index contributed by atoms with van der Waals surface area (Å²) in [7, 11) is 0. The van der Waals surface area contributed by atoms with Crippen LogP contribution in [0.2, 0.25) is 0 Å². The molecule has 0 aromatic heterocycles. The van der Waals surface area contributed by atoms with Crippen LogP contribution in [-0.4, -0.2) is 12.2 Å². The summed E-state index contributed by atoms with van der Waals surface area (Å²) >= 11 is 13.3. The summed E-state index contributed by atoms with van der Waals surface area (Å²) in [5.41, 5.74) is -1.09. The monoisotopic (exact) mass is 940 g/mol. The van der Waals surface area contributed by atoms with E-state index < -0.39 is 11.4 Å². The van der Waals surface area contributed by atoms with Gasteiger partial charge in [-0.15, -0.1) is 0 Å². The Hall–Kier alpha value is 1.20. The molecular formula is C42H68CdO4P2S4. The van der Waals surface area contributed by atoms with Crippen molar-refractivity contribution < 1.29 is 46.1 Å². The molecule has 0 saturated heterocycles. The second-order valence-corrected chi connectivity index (χ2v) is 26.8. The number of aryl methyl sites for hydroxylation is 4. The zero-order valence-electron chi connectivity index (χ0n) is 33.5. The summed E-state index contributed by atoms with van der Waals surface area (Å²) in [5, 5.41) is 0. The summed E-state index contributed by atoms with van der Waals surface area (Å²) in [5.74, 6) is 0. The average Bonchev–Trinajstić information content (AvgIpc) is 3.10. The van der Waals surface area contributed by atoms with Crippen molar-refractivity contribution in [3.63, 3.8) is 0 Å². The van der Waals surface area contributed by atoms with Gasteiger partial charge in [0.1, 0.15) is 0 Å². The van der Waals surface area contributed by atoms with Crippen molar-refractivity contribution in [3.05, 3.63) is 58.7 Å². The van der Waals surface area contributed by atoms with Gasteiger partial charge in [-0.3, -0.25) is 0 Å². The fraction of sp³-hybridized carbons (Fsp3) is 0.714. The van der Waals surface area contributed by atoms with Gasteiger partial charge >= 0.3 is 27.3 Å². The minimum absolute atomic E-state index is 0. The molecule has 53 heavy (non-hydrogen) atoms. The first kappa shape index (κ1) is 50.3. The maximum atomic E-state index is 12.9. The molecule has 4 rings (SSSR count). The Labute approximate surface area is 363 Å². The van der Waals surface area contributed by atoms with Crippen molar-refractivity contribution in [1.29, 1.82) is 0 Å². The minimum Gasteiger partial charge on any atom is -0.793 e. The van der Waals surface area contributed by atoms with E-state index in [2.05, 4.69) is 64.1 Å². The second kappa shape index (κ2) is 28.6. The second-order valence-electron chi connectivity index (χ2n) is 15.1. The van der Waals surface area contributed by atoms with E-state index in [4.69, 9.17) is 32.7 Å². The van der Waals surface area contributed by atoms with Crippen LogP contribution in [0.5, 0.6) is 0 Å². The van der Waals surface area contributed by atoms with E-state index >= 15 is 0 Å². The predicted octanol–water partition coefficient (Wildman–Crippen LogP) is 13.8. The summed E-state index contributed by atoms with van der Waals surface area (Å²) < 4.78 is 11.7. The van der Waals surface area contributed by atoms with Gasteiger partial charge in [0.2, 0.25) is 0 Å². The van der Waals surface area contributed by atoms with Crippen LogP contribution in [0.25, 0.3) is 0 Å². The number of hydrogen-bond acceptors (Lipinski definition) is 8.